The van der Waals surface area contributed by atoms with Crippen molar-refractivity contribution >= 4 is 22.2 Å². The second-order valence-corrected chi connectivity index (χ2v) is 10.6. The number of aromatic nitrogens is 4. The molecular formula is C24H20F2N4O3S. The first-order chi connectivity index (χ1) is 16.2. The summed E-state index contributed by atoms with van der Waals surface area (Å²) in [6.45, 7) is 0.266. The van der Waals surface area contributed by atoms with Gasteiger partial charge in [0.25, 0.3) is 0 Å². The lowest BCUT2D eigenvalue weighted by molar-refractivity contribution is -0.0509. The zero-order valence-corrected chi connectivity index (χ0v) is 19.1. The molecule has 0 saturated carbocycles. The highest BCUT2D eigenvalue weighted by atomic mass is 32.2. The first kappa shape index (κ1) is 21.5. The Kier molecular flexibility index (Phi) is 4.71. The van der Waals surface area contributed by atoms with Crippen LogP contribution in [0, 0.1) is 0 Å². The molecule has 10 heteroatoms. The van der Waals surface area contributed by atoms with Gasteiger partial charge < -0.3 is 19.0 Å². The van der Waals surface area contributed by atoms with Gasteiger partial charge in [-0.2, -0.15) is 8.78 Å². The third-order valence-electron chi connectivity index (χ3n) is 6.34. The molecule has 2 aromatic carbocycles. The molecule has 0 spiro atoms. The Balaban J connectivity index is 1.49. The standard InChI is InChI=1S/C24H20F2N4O3S/c1-24(2,31)22-27-10-13(11-28-22)12-6-7-14-15(8-12)30-16-9-19(21(30)29-14)34(32)18-5-3-4-17(20(16)18)33-23(25)26/h3-8,10-11,16,19,23,31H,9H2,1-2H3/t16-,19+,34-/m0/s1. The minimum absolute atomic E-state index is 0.0470. The van der Waals surface area contributed by atoms with E-state index in [-0.39, 0.29) is 17.0 Å². The zero-order chi connectivity index (χ0) is 23.8. The highest BCUT2D eigenvalue weighted by molar-refractivity contribution is 7.91. The van der Waals surface area contributed by atoms with Crippen LogP contribution >= 0.6 is 0 Å². The van der Waals surface area contributed by atoms with Gasteiger partial charge in [0.15, 0.2) is 21.8 Å². The molecule has 6 rings (SSSR count). The van der Waals surface area contributed by atoms with Crippen molar-refractivity contribution in [3.63, 3.8) is 0 Å². The van der Waals surface area contributed by atoms with E-state index in [1.165, 1.54) is 6.07 Å². The lowest BCUT2D eigenvalue weighted by Gasteiger charge is -2.27. The fraction of sp³-hybridized carbons (Fsp3) is 0.292. The van der Waals surface area contributed by atoms with E-state index >= 15 is 0 Å². The molecule has 34 heavy (non-hydrogen) atoms. The summed E-state index contributed by atoms with van der Waals surface area (Å²) in [5.74, 6) is 1.05. The lowest BCUT2D eigenvalue weighted by atomic mass is 10.0. The molecule has 0 amide bonds. The molecule has 3 atom stereocenters. The smallest absolute Gasteiger partial charge is 0.387 e. The Hall–Kier alpha value is -3.08. The Morgan fingerprint density at radius 2 is 1.94 bits per heavy atom. The van der Waals surface area contributed by atoms with Gasteiger partial charge in [-0.05, 0) is 54.9 Å². The SMILES string of the molecule is CC(C)(O)c1ncc(-c2ccc3nc4n(c3c2)[C@H]2C[C@H]4[S@@+]([O-])c3cccc(OC(F)F)c32)cn1. The van der Waals surface area contributed by atoms with Crippen LogP contribution in [0.1, 0.15) is 48.8 Å². The summed E-state index contributed by atoms with van der Waals surface area (Å²) in [6.07, 6.45) is 3.81. The summed E-state index contributed by atoms with van der Waals surface area (Å²) in [6, 6.07) is 10.2. The van der Waals surface area contributed by atoms with Crippen LogP contribution in [0.4, 0.5) is 8.78 Å². The largest absolute Gasteiger partial charge is 0.611 e. The third kappa shape index (κ3) is 3.20. The van der Waals surface area contributed by atoms with E-state index in [0.29, 0.717) is 28.5 Å². The number of benzene rings is 2. The fourth-order valence-electron chi connectivity index (χ4n) is 4.86. The molecule has 0 radical (unpaired) electrons. The molecule has 4 heterocycles. The van der Waals surface area contributed by atoms with E-state index < -0.39 is 23.4 Å². The number of imidazole rings is 1. The van der Waals surface area contributed by atoms with Crippen LogP contribution in [0.25, 0.3) is 22.2 Å². The Morgan fingerprint density at radius 3 is 2.65 bits per heavy atom. The van der Waals surface area contributed by atoms with Crippen molar-refractivity contribution in [1.29, 1.82) is 0 Å². The first-order valence-corrected chi connectivity index (χ1v) is 12.0. The molecule has 2 aliphatic heterocycles. The van der Waals surface area contributed by atoms with Gasteiger partial charge in [0.05, 0.1) is 22.6 Å². The van der Waals surface area contributed by atoms with Crippen molar-refractivity contribution in [3.8, 4) is 16.9 Å². The van der Waals surface area contributed by atoms with Crippen LogP contribution in [-0.2, 0) is 16.8 Å². The maximum atomic E-state index is 13.3. The van der Waals surface area contributed by atoms with Crippen LogP contribution < -0.4 is 4.74 Å². The van der Waals surface area contributed by atoms with Crippen LogP contribution in [0.3, 0.4) is 0 Å². The lowest BCUT2D eigenvalue weighted by Crippen LogP contribution is -2.21. The Morgan fingerprint density at radius 1 is 1.18 bits per heavy atom. The number of aliphatic hydroxyl groups is 1. The summed E-state index contributed by atoms with van der Waals surface area (Å²) < 4.78 is 46.4. The molecule has 2 aliphatic rings. The average molecular weight is 483 g/mol. The van der Waals surface area contributed by atoms with E-state index in [1.807, 2.05) is 22.8 Å². The number of hydrogen-bond donors (Lipinski definition) is 1. The van der Waals surface area contributed by atoms with Crippen molar-refractivity contribution in [2.24, 2.45) is 0 Å². The summed E-state index contributed by atoms with van der Waals surface area (Å²) in [5.41, 5.74) is 2.53. The molecule has 1 N–H and O–H groups in total. The molecule has 0 unspecified atom stereocenters. The topological polar surface area (TPSA) is 96.1 Å². The van der Waals surface area contributed by atoms with Gasteiger partial charge in [0.2, 0.25) is 0 Å². The Bertz CT molecular complexity index is 1420. The maximum absolute atomic E-state index is 13.3. The van der Waals surface area contributed by atoms with Crippen molar-refractivity contribution in [2.75, 3.05) is 0 Å². The van der Waals surface area contributed by atoms with Crippen molar-refractivity contribution in [1.82, 2.24) is 19.5 Å². The van der Waals surface area contributed by atoms with Gasteiger partial charge in [-0.15, -0.1) is 0 Å². The molecule has 7 nitrogen and oxygen atoms in total. The quantitative estimate of drug-likeness (QED) is 0.431. The second-order valence-electron chi connectivity index (χ2n) is 8.98. The zero-order valence-electron chi connectivity index (χ0n) is 18.3. The van der Waals surface area contributed by atoms with Gasteiger partial charge in [-0.1, -0.05) is 12.1 Å². The van der Waals surface area contributed by atoms with Crippen LogP contribution in [0.2, 0.25) is 0 Å². The molecule has 2 bridgehead atoms. The predicted octanol–water partition coefficient (Wildman–Crippen LogP) is 4.48. The van der Waals surface area contributed by atoms with Gasteiger partial charge in [-0.25, -0.2) is 15.0 Å². The number of fused-ring (bicyclic) bond motifs is 9. The third-order valence-corrected chi connectivity index (χ3v) is 8.05. The van der Waals surface area contributed by atoms with Crippen molar-refractivity contribution < 1.29 is 23.2 Å². The molecule has 174 valence electrons. The summed E-state index contributed by atoms with van der Waals surface area (Å²) in [5, 5.41) is 9.80. The normalized spacial score (nSPS) is 21.1. The maximum Gasteiger partial charge on any atom is 0.387 e. The Labute approximate surface area is 196 Å². The van der Waals surface area contributed by atoms with Crippen molar-refractivity contribution in [2.45, 2.75) is 48.7 Å². The van der Waals surface area contributed by atoms with Crippen LogP contribution in [0.15, 0.2) is 53.7 Å². The summed E-state index contributed by atoms with van der Waals surface area (Å²) in [4.78, 5) is 13.9. The number of alkyl halides is 2. The fourth-order valence-corrected chi connectivity index (χ4v) is 6.55. The molecule has 2 aromatic heterocycles. The molecule has 4 aromatic rings. The molecule has 0 saturated heterocycles. The minimum atomic E-state index is -2.98. The first-order valence-electron chi connectivity index (χ1n) is 10.8. The highest BCUT2D eigenvalue weighted by Gasteiger charge is 2.50. The van der Waals surface area contributed by atoms with Crippen LogP contribution in [0.5, 0.6) is 5.75 Å². The van der Waals surface area contributed by atoms with Gasteiger partial charge in [0, 0.05) is 24.4 Å². The average Bonchev–Trinajstić information content (AvgIpc) is 3.32. The van der Waals surface area contributed by atoms with Gasteiger partial charge >= 0.3 is 6.61 Å². The number of hydrogen-bond acceptors (Lipinski definition) is 6. The highest BCUT2D eigenvalue weighted by Crippen LogP contribution is 2.55. The van der Waals surface area contributed by atoms with Gasteiger partial charge in [-0.3, -0.25) is 0 Å². The van der Waals surface area contributed by atoms with E-state index in [9.17, 15) is 18.4 Å². The summed E-state index contributed by atoms with van der Waals surface area (Å²) in [7, 11) is 0. The monoisotopic (exact) mass is 482 g/mol. The molecular weight excluding hydrogens is 462 g/mol. The number of nitrogens with zero attached hydrogens (tertiary/aromatic N) is 4. The molecule has 0 aliphatic carbocycles. The molecule has 0 fully saturated rings. The number of rotatable bonds is 4. The number of halogens is 2. The van der Waals surface area contributed by atoms with E-state index in [4.69, 9.17) is 9.72 Å². The van der Waals surface area contributed by atoms with Crippen LogP contribution in [-0.4, -0.2) is 35.8 Å². The predicted molar refractivity (Wildman–Crippen MR) is 121 cm³/mol. The van der Waals surface area contributed by atoms with Crippen molar-refractivity contribution in [3.05, 3.63) is 66.0 Å². The van der Waals surface area contributed by atoms with E-state index in [0.717, 1.165) is 22.2 Å². The summed E-state index contributed by atoms with van der Waals surface area (Å²) >= 11 is -1.43. The van der Waals surface area contributed by atoms with Gasteiger partial charge in [0.1, 0.15) is 11.4 Å². The second kappa shape index (κ2) is 7.46. The van der Waals surface area contributed by atoms with E-state index in [2.05, 4.69) is 9.97 Å². The van der Waals surface area contributed by atoms with E-state index in [1.54, 1.807) is 38.4 Å². The number of ether oxygens (including phenoxy) is 1. The minimum Gasteiger partial charge on any atom is -0.611 e.